The Hall–Kier alpha value is -4.64. The molecule has 5 atom stereocenters. The van der Waals surface area contributed by atoms with Gasteiger partial charge in [0.25, 0.3) is 5.91 Å². The van der Waals surface area contributed by atoms with Crippen LogP contribution < -0.4 is 28.4 Å². The molecule has 3 aromatic carbocycles. The van der Waals surface area contributed by atoms with Crippen LogP contribution in [-0.2, 0) is 16.0 Å². The van der Waals surface area contributed by atoms with Gasteiger partial charge in [-0.25, -0.2) is 0 Å². The van der Waals surface area contributed by atoms with Gasteiger partial charge in [-0.2, -0.15) is 0 Å². The van der Waals surface area contributed by atoms with Crippen molar-refractivity contribution >= 4 is 11.8 Å². The molecule has 44 heavy (non-hydrogen) atoms. The molecule has 0 spiro atoms. The van der Waals surface area contributed by atoms with Crippen molar-refractivity contribution in [1.29, 1.82) is 0 Å². The number of aliphatic hydroxyl groups is 1. The van der Waals surface area contributed by atoms with Crippen molar-refractivity contribution in [1.82, 2.24) is 9.80 Å². The quantitative estimate of drug-likeness (QED) is 0.472. The lowest BCUT2D eigenvalue weighted by Gasteiger charge is -2.44. The van der Waals surface area contributed by atoms with Crippen LogP contribution in [0.4, 0.5) is 0 Å². The van der Waals surface area contributed by atoms with E-state index in [0.29, 0.717) is 46.5 Å². The van der Waals surface area contributed by atoms with Gasteiger partial charge in [0.05, 0.1) is 32.2 Å². The predicted molar refractivity (Wildman–Crippen MR) is 155 cm³/mol. The van der Waals surface area contributed by atoms with Crippen LogP contribution in [0.5, 0.6) is 34.5 Å². The van der Waals surface area contributed by atoms with E-state index in [1.807, 2.05) is 53.4 Å². The Bertz CT molecular complexity index is 1690. The molecular weight excluding hydrogens is 568 g/mol. The highest BCUT2D eigenvalue weighted by Gasteiger charge is 2.69. The summed E-state index contributed by atoms with van der Waals surface area (Å²) in [5.41, 5.74) is 1.35. The maximum atomic E-state index is 14.6. The fourth-order valence-electron chi connectivity index (χ4n) is 8.06. The van der Waals surface area contributed by atoms with Gasteiger partial charge in [0.15, 0.2) is 28.6 Å². The molecule has 0 bridgehead atoms. The van der Waals surface area contributed by atoms with E-state index in [9.17, 15) is 14.7 Å². The van der Waals surface area contributed by atoms with Crippen molar-refractivity contribution in [2.75, 3.05) is 40.9 Å². The summed E-state index contributed by atoms with van der Waals surface area (Å²) in [6.07, 6.45) is 0.456. The van der Waals surface area contributed by atoms with Crippen molar-refractivity contribution in [2.24, 2.45) is 0 Å². The molecule has 0 aromatic heterocycles. The Kier molecular flexibility index (Phi) is 5.93. The maximum Gasteiger partial charge on any atom is 0.256 e. The van der Waals surface area contributed by atoms with Crippen LogP contribution in [-0.4, -0.2) is 85.3 Å². The van der Waals surface area contributed by atoms with E-state index in [-0.39, 0.29) is 44.5 Å². The van der Waals surface area contributed by atoms with Crippen molar-refractivity contribution in [3.8, 4) is 34.5 Å². The van der Waals surface area contributed by atoms with E-state index in [1.54, 1.807) is 26.0 Å². The van der Waals surface area contributed by atoms with Gasteiger partial charge in [-0.15, -0.1) is 0 Å². The molecule has 8 rings (SSSR count). The zero-order valence-electron chi connectivity index (χ0n) is 24.6. The standard InChI is InChI=1S/C33H32N2O9/c1-17(36)34-14-22-28-21-12-25-30(44-16-42-25)31(40-3)26(21)27(19-7-5-4-6-8-19)33(28,38)32(37)35(22)13-20(34)9-18-10-23(39-2)29-24(11-18)41-15-43-29/h4-8,10-12,20,22,27-28,38H,9,13-16H2,1-3H3/t20-,22+,27-,28+,33-/m0/s1. The summed E-state index contributed by atoms with van der Waals surface area (Å²) in [7, 11) is 3.12. The van der Waals surface area contributed by atoms with Gasteiger partial charge in [0.2, 0.25) is 31.0 Å². The Balaban J connectivity index is 1.22. The first kappa shape index (κ1) is 26.9. The molecule has 3 aromatic rings. The van der Waals surface area contributed by atoms with Crippen molar-refractivity contribution in [2.45, 2.75) is 42.9 Å². The second kappa shape index (κ2) is 9.68. The van der Waals surface area contributed by atoms with Gasteiger partial charge < -0.3 is 43.3 Å². The Morgan fingerprint density at radius 1 is 0.977 bits per heavy atom. The first-order valence-electron chi connectivity index (χ1n) is 14.7. The van der Waals surface area contributed by atoms with Crippen LogP contribution in [0.3, 0.4) is 0 Å². The molecule has 0 unspecified atom stereocenters. The van der Waals surface area contributed by atoms with Crippen LogP contribution in [0.25, 0.3) is 0 Å². The summed E-state index contributed by atoms with van der Waals surface area (Å²) in [6.45, 7) is 2.23. The zero-order valence-corrected chi connectivity index (χ0v) is 24.6. The number of hydrogen-bond acceptors (Lipinski definition) is 9. The van der Waals surface area contributed by atoms with E-state index in [4.69, 9.17) is 28.4 Å². The molecule has 4 heterocycles. The third kappa shape index (κ3) is 3.59. The Morgan fingerprint density at radius 3 is 2.41 bits per heavy atom. The first-order chi connectivity index (χ1) is 21.3. The fourth-order valence-corrected chi connectivity index (χ4v) is 8.06. The molecule has 5 aliphatic rings. The minimum atomic E-state index is -1.81. The van der Waals surface area contributed by atoms with Gasteiger partial charge >= 0.3 is 0 Å². The number of carbonyl (C=O) groups is 2. The maximum absolute atomic E-state index is 14.6. The number of piperazine rings is 1. The smallest absolute Gasteiger partial charge is 0.256 e. The molecule has 4 aliphatic heterocycles. The lowest BCUT2D eigenvalue weighted by atomic mass is 9.77. The average molecular weight is 601 g/mol. The highest BCUT2D eigenvalue weighted by Crippen LogP contribution is 2.64. The molecular formula is C33H32N2O9. The summed E-state index contributed by atoms with van der Waals surface area (Å²) in [5, 5.41) is 12.8. The lowest BCUT2D eigenvalue weighted by Crippen LogP contribution is -2.60. The molecule has 2 amide bonds. The van der Waals surface area contributed by atoms with E-state index < -0.39 is 23.5 Å². The molecule has 1 aliphatic carbocycles. The fraction of sp³-hybridized carbons (Fsp3) is 0.394. The first-order valence-corrected chi connectivity index (χ1v) is 14.7. The molecule has 11 heteroatoms. The third-order valence-corrected chi connectivity index (χ3v) is 9.78. The molecule has 1 N–H and O–H groups in total. The van der Waals surface area contributed by atoms with Crippen LogP contribution in [0, 0.1) is 0 Å². The SMILES string of the molecule is COc1cc(C[C@H]2CN3C(=O)[C@]4(O)[C@@H](c5ccccc5)c5c(cc6c(c5OC)OCO6)[C@@H]4[C@H]3CN2C(C)=O)cc2c1OCO2. The highest BCUT2D eigenvalue weighted by molar-refractivity contribution is 5.95. The number of fused-ring (bicyclic) bond motifs is 7. The van der Waals surface area contributed by atoms with Crippen LogP contribution in [0.2, 0.25) is 0 Å². The van der Waals surface area contributed by atoms with Gasteiger partial charge in [-0.1, -0.05) is 30.3 Å². The summed E-state index contributed by atoms with van der Waals surface area (Å²) in [6, 6.07) is 14.4. The molecule has 2 saturated heterocycles. The minimum Gasteiger partial charge on any atom is -0.493 e. The van der Waals surface area contributed by atoms with Crippen LogP contribution >= 0.6 is 0 Å². The monoisotopic (exact) mass is 600 g/mol. The van der Waals surface area contributed by atoms with Crippen molar-refractivity contribution in [3.63, 3.8) is 0 Å². The van der Waals surface area contributed by atoms with E-state index in [1.165, 1.54) is 0 Å². The molecule has 228 valence electrons. The summed E-state index contributed by atoms with van der Waals surface area (Å²) in [4.78, 5) is 31.3. The van der Waals surface area contributed by atoms with Crippen LogP contribution in [0.15, 0.2) is 48.5 Å². The van der Waals surface area contributed by atoms with Gasteiger partial charge in [0, 0.05) is 31.5 Å². The van der Waals surface area contributed by atoms with E-state index in [2.05, 4.69) is 0 Å². The number of ether oxygens (including phenoxy) is 6. The minimum absolute atomic E-state index is 0.0540. The normalized spacial score (nSPS) is 27.2. The zero-order chi connectivity index (χ0) is 30.3. The largest absolute Gasteiger partial charge is 0.493 e. The summed E-state index contributed by atoms with van der Waals surface area (Å²) >= 11 is 0. The molecule has 0 saturated carbocycles. The number of amides is 2. The molecule has 2 fully saturated rings. The van der Waals surface area contributed by atoms with Crippen LogP contribution in [0.1, 0.15) is 41.0 Å². The van der Waals surface area contributed by atoms with Crippen molar-refractivity contribution < 1.29 is 43.1 Å². The molecule has 11 nitrogen and oxygen atoms in total. The second-order valence-corrected chi connectivity index (χ2v) is 11.9. The summed E-state index contributed by atoms with van der Waals surface area (Å²) in [5.74, 6) is 1.30. The van der Waals surface area contributed by atoms with Crippen molar-refractivity contribution in [3.05, 3.63) is 70.8 Å². The number of hydrogen-bond donors (Lipinski definition) is 1. The third-order valence-electron chi connectivity index (χ3n) is 9.78. The number of rotatable bonds is 5. The van der Waals surface area contributed by atoms with E-state index in [0.717, 1.165) is 16.7 Å². The van der Waals surface area contributed by atoms with E-state index >= 15 is 0 Å². The topological polar surface area (TPSA) is 116 Å². The Morgan fingerprint density at radius 2 is 1.70 bits per heavy atom. The second-order valence-electron chi connectivity index (χ2n) is 11.9. The number of carbonyl (C=O) groups excluding carboxylic acids is 2. The summed E-state index contributed by atoms with van der Waals surface area (Å²) < 4.78 is 34.1. The number of methoxy groups -OCH3 is 2. The Labute approximate surface area is 253 Å². The lowest BCUT2D eigenvalue weighted by molar-refractivity contribution is -0.149. The number of benzene rings is 3. The molecule has 0 radical (unpaired) electrons. The van der Waals surface area contributed by atoms with Gasteiger partial charge in [0.1, 0.15) is 0 Å². The highest BCUT2D eigenvalue weighted by atomic mass is 16.7. The average Bonchev–Trinajstić information content (AvgIpc) is 3.79. The predicted octanol–water partition coefficient (Wildman–Crippen LogP) is 2.81. The van der Waals surface area contributed by atoms with Gasteiger partial charge in [-0.3, -0.25) is 9.59 Å². The number of nitrogens with zero attached hydrogens (tertiary/aromatic N) is 2. The van der Waals surface area contributed by atoms with Gasteiger partial charge in [-0.05, 0) is 41.3 Å².